The molecule has 5 rings (SSSR count). The van der Waals surface area contributed by atoms with Crippen LogP contribution in [0.5, 0.6) is 0 Å². The zero-order valence-electron chi connectivity index (χ0n) is 13.7. The van der Waals surface area contributed by atoms with Gasteiger partial charge in [-0.3, -0.25) is 9.79 Å². The normalized spacial score (nSPS) is 20.7. The van der Waals surface area contributed by atoms with Gasteiger partial charge in [-0.15, -0.1) is 11.8 Å². The lowest BCUT2D eigenvalue weighted by Crippen LogP contribution is -2.22. The maximum atomic E-state index is 14.6. The number of fused-ring (bicyclic) bond motifs is 4. The van der Waals surface area contributed by atoms with Crippen molar-refractivity contribution in [3.63, 3.8) is 0 Å². The molecule has 126 valence electrons. The van der Waals surface area contributed by atoms with Gasteiger partial charge in [0, 0.05) is 21.6 Å². The standard InChI is InChI=1S/C22H14FNOS/c23-16-10-4-3-9-15(16)22-19-20(13-7-1-2-8-14(13)21(19)25)24-17-11-5-6-12-18(17)26-22/h1-12,19,22H/t19-,22-/m1/s1. The molecule has 0 aromatic heterocycles. The Balaban J connectivity index is 1.78. The number of Topliss-reactive ketones (excluding diaryl/α,β-unsaturated/α-hetero) is 1. The zero-order valence-corrected chi connectivity index (χ0v) is 14.5. The molecule has 0 N–H and O–H groups in total. The highest BCUT2D eigenvalue weighted by Gasteiger charge is 2.44. The smallest absolute Gasteiger partial charge is 0.174 e. The molecule has 0 unspecified atom stereocenters. The number of hydrogen-bond donors (Lipinski definition) is 0. The second-order valence-electron chi connectivity index (χ2n) is 6.41. The van der Waals surface area contributed by atoms with Crippen molar-refractivity contribution >= 4 is 28.9 Å². The van der Waals surface area contributed by atoms with Crippen LogP contribution in [-0.4, -0.2) is 11.5 Å². The number of carbonyl (C=O) groups is 1. The van der Waals surface area contributed by atoms with Crippen LogP contribution in [0.15, 0.2) is 82.7 Å². The van der Waals surface area contributed by atoms with Crippen molar-refractivity contribution in [3.05, 3.63) is 95.3 Å². The van der Waals surface area contributed by atoms with E-state index in [1.165, 1.54) is 17.8 Å². The van der Waals surface area contributed by atoms with Crippen molar-refractivity contribution in [1.82, 2.24) is 0 Å². The van der Waals surface area contributed by atoms with Crippen LogP contribution in [0.3, 0.4) is 0 Å². The van der Waals surface area contributed by atoms with Gasteiger partial charge in [0.25, 0.3) is 0 Å². The summed E-state index contributed by atoms with van der Waals surface area (Å²) in [5.41, 5.74) is 3.67. The largest absolute Gasteiger partial charge is 0.293 e. The lowest BCUT2D eigenvalue weighted by Gasteiger charge is -2.22. The Bertz CT molecular complexity index is 1070. The lowest BCUT2D eigenvalue weighted by molar-refractivity contribution is 0.0960. The first-order chi connectivity index (χ1) is 12.7. The Morgan fingerprint density at radius 2 is 1.54 bits per heavy atom. The predicted molar refractivity (Wildman–Crippen MR) is 102 cm³/mol. The Kier molecular flexibility index (Phi) is 3.54. The summed E-state index contributed by atoms with van der Waals surface area (Å²) in [6.07, 6.45) is 0. The summed E-state index contributed by atoms with van der Waals surface area (Å²) in [5, 5.41) is -0.349. The summed E-state index contributed by atoms with van der Waals surface area (Å²) in [4.78, 5) is 19.0. The molecule has 0 fully saturated rings. The number of ketones is 1. The van der Waals surface area contributed by atoms with Crippen molar-refractivity contribution in [2.75, 3.05) is 0 Å². The van der Waals surface area contributed by atoms with E-state index >= 15 is 0 Å². The van der Waals surface area contributed by atoms with Crippen LogP contribution in [0.2, 0.25) is 0 Å². The molecule has 2 aliphatic rings. The third-order valence-corrected chi connectivity index (χ3v) is 6.30. The number of benzene rings is 3. The molecule has 3 aromatic carbocycles. The second kappa shape index (κ2) is 5.92. The first-order valence-electron chi connectivity index (χ1n) is 8.46. The molecule has 1 heterocycles. The van der Waals surface area contributed by atoms with E-state index < -0.39 is 5.92 Å². The number of halogens is 1. The number of aliphatic imine (C=N–C) groups is 1. The first kappa shape index (κ1) is 15.5. The van der Waals surface area contributed by atoms with Gasteiger partial charge in [-0.05, 0) is 18.2 Å². The molecule has 0 saturated carbocycles. The van der Waals surface area contributed by atoms with Gasteiger partial charge in [0.15, 0.2) is 5.78 Å². The van der Waals surface area contributed by atoms with E-state index in [1.807, 2.05) is 54.6 Å². The maximum Gasteiger partial charge on any atom is 0.174 e. The third kappa shape index (κ3) is 2.26. The molecule has 0 bridgehead atoms. The molecular formula is C22H14FNOS. The molecule has 0 saturated heterocycles. The Morgan fingerprint density at radius 3 is 2.38 bits per heavy atom. The SMILES string of the molecule is O=C1c2ccccc2C2=Nc3ccccc3S[C@H](c3ccccc3F)[C@@H]12. The number of para-hydroxylation sites is 1. The van der Waals surface area contributed by atoms with Crippen LogP contribution in [0.4, 0.5) is 10.1 Å². The predicted octanol–water partition coefficient (Wildman–Crippen LogP) is 5.61. The van der Waals surface area contributed by atoms with Gasteiger partial charge in [-0.1, -0.05) is 54.6 Å². The average molecular weight is 359 g/mol. The van der Waals surface area contributed by atoms with Gasteiger partial charge in [-0.2, -0.15) is 0 Å². The van der Waals surface area contributed by atoms with E-state index in [0.717, 1.165) is 21.9 Å². The molecular weight excluding hydrogens is 345 g/mol. The summed E-state index contributed by atoms with van der Waals surface area (Å²) >= 11 is 1.52. The fraction of sp³-hybridized carbons (Fsp3) is 0.0909. The van der Waals surface area contributed by atoms with Crippen LogP contribution in [0.25, 0.3) is 0 Å². The fourth-order valence-corrected chi connectivity index (χ4v) is 5.10. The Morgan fingerprint density at radius 1 is 0.846 bits per heavy atom. The van der Waals surface area contributed by atoms with Gasteiger partial charge >= 0.3 is 0 Å². The van der Waals surface area contributed by atoms with Crippen LogP contribution in [0, 0.1) is 11.7 Å². The molecule has 26 heavy (non-hydrogen) atoms. The van der Waals surface area contributed by atoms with E-state index in [0.29, 0.717) is 11.1 Å². The number of carbonyl (C=O) groups excluding carboxylic acids is 1. The Labute approximate surface area is 154 Å². The van der Waals surface area contributed by atoms with Crippen molar-refractivity contribution in [3.8, 4) is 0 Å². The number of hydrogen-bond acceptors (Lipinski definition) is 3. The maximum absolute atomic E-state index is 14.6. The highest BCUT2D eigenvalue weighted by Crippen LogP contribution is 2.51. The van der Waals surface area contributed by atoms with Crippen molar-refractivity contribution in [1.29, 1.82) is 0 Å². The van der Waals surface area contributed by atoms with Gasteiger partial charge in [0.1, 0.15) is 5.82 Å². The average Bonchev–Trinajstić information content (AvgIpc) is 2.84. The quantitative estimate of drug-likeness (QED) is 0.565. The molecule has 0 spiro atoms. The van der Waals surface area contributed by atoms with Crippen molar-refractivity contribution in [2.45, 2.75) is 10.1 Å². The summed E-state index contributed by atoms with van der Waals surface area (Å²) in [7, 11) is 0. The zero-order chi connectivity index (χ0) is 17.7. The molecule has 2 atom stereocenters. The van der Waals surface area contributed by atoms with Gasteiger partial charge in [0.2, 0.25) is 0 Å². The molecule has 4 heteroatoms. The number of rotatable bonds is 1. The van der Waals surface area contributed by atoms with Gasteiger partial charge in [0.05, 0.1) is 22.6 Å². The second-order valence-corrected chi connectivity index (χ2v) is 7.60. The van der Waals surface area contributed by atoms with Crippen molar-refractivity contribution in [2.24, 2.45) is 10.9 Å². The van der Waals surface area contributed by atoms with Gasteiger partial charge < -0.3 is 0 Å². The fourth-order valence-electron chi connectivity index (χ4n) is 3.72. The first-order valence-corrected chi connectivity index (χ1v) is 9.34. The highest BCUT2D eigenvalue weighted by molar-refractivity contribution is 7.99. The Hall–Kier alpha value is -2.72. The summed E-state index contributed by atoms with van der Waals surface area (Å²) in [6, 6.07) is 22.1. The molecule has 2 nitrogen and oxygen atoms in total. The highest BCUT2D eigenvalue weighted by atomic mass is 32.2. The molecule has 1 aliphatic heterocycles. The van der Waals surface area contributed by atoms with Crippen LogP contribution < -0.4 is 0 Å². The number of thioether (sulfide) groups is 1. The van der Waals surface area contributed by atoms with E-state index in [9.17, 15) is 9.18 Å². The van der Waals surface area contributed by atoms with Crippen LogP contribution in [0.1, 0.15) is 26.7 Å². The summed E-state index contributed by atoms with van der Waals surface area (Å²) in [6.45, 7) is 0. The molecule has 3 aromatic rings. The van der Waals surface area contributed by atoms with E-state index in [4.69, 9.17) is 4.99 Å². The molecule has 1 aliphatic carbocycles. The van der Waals surface area contributed by atoms with Gasteiger partial charge in [-0.25, -0.2) is 4.39 Å². The minimum atomic E-state index is -0.485. The van der Waals surface area contributed by atoms with E-state index in [-0.39, 0.29) is 16.9 Å². The third-order valence-electron chi connectivity index (χ3n) is 4.92. The topological polar surface area (TPSA) is 29.4 Å². The summed E-state index contributed by atoms with van der Waals surface area (Å²) in [5.74, 6) is -0.748. The summed E-state index contributed by atoms with van der Waals surface area (Å²) < 4.78 is 14.6. The van der Waals surface area contributed by atoms with E-state index in [1.54, 1.807) is 12.1 Å². The molecule has 0 radical (unpaired) electrons. The monoisotopic (exact) mass is 359 g/mol. The minimum Gasteiger partial charge on any atom is -0.293 e. The van der Waals surface area contributed by atoms with E-state index in [2.05, 4.69) is 0 Å². The van der Waals surface area contributed by atoms with Crippen molar-refractivity contribution < 1.29 is 9.18 Å². The van der Waals surface area contributed by atoms with Crippen LogP contribution >= 0.6 is 11.8 Å². The minimum absolute atomic E-state index is 0.0212. The number of nitrogens with zero attached hydrogens (tertiary/aromatic N) is 1. The molecule has 0 amide bonds. The van der Waals surface area contributed by atoms with Crippen LogP contribution in [-0.2, 0) is 0 Å². The lowest BCUT2D eigenvalue weighted by atomic mass is 9.93.